The van der Waals surface area contributed by atoms with E-state index in [2.05, 4.69) is 0 Å². The zero-order valence-corrected chi connectivity index (χ0v) is 10.5. The van der Waals surface area contributed by atoms with Crippen molar-refractivity contribution in [2.24, 2.45) is 0 Å². The second-order valence-corrected chi connectivity index (χ2v) is 4.51. The minimum Gasteiger partial charge on any atom is -0.508 e. The molecular weight excluding hydrogens is 260 g/mol. The van der Waals surface area contributed by atoms with Crippen LogP contribution in [0.5, 0.6) is 17.2 Å². The Morgan fingerprint density at radius 1 is 1.00 bits per heavy atom. The van der Waals surface area contributed by atoms with Crippen LogP contribution in [0.4, 0.5) is 0 Å². The Morgan fingerprint density at radius 3 is 2.35 bits per heavy atom. The first-order valence-electron chi connectivity index (χ1n) is 5.95. The summed E-state index contributed by atoms with van der Waals surface area (Å²) >= 11 is 0. The van der Waals surface area contributed by atoms with Crippen LogP contribution in [0, 0.1) is 0 Å². The molecule has 1 atom stereocenters. The maximum absolute atomic E-state index is 12.0. The fourth-order valence-corrected chi connectivity index (χ4v) is 2.19. The molecule has 20 heavy (non-hydrogen) atoms. The van der Waals surface area contributed by atoms with E-state index in [1.165, 1.54) is 12.1 Å². The topological polar surface area (TPSA) is 98.3 Å². The van der Waals surface area contributed by atoms with Gasteiger partial charge in [0, 0.05) is 6.07 Å². The number of ketones is 1. The van der Waals surface area contributed by atoms with Crippen molar-refractivity contribution in [3.05, 3.63) is 53.6 Å². The zero-order chi connectivity index (χ0) is 13.4. The van der Waals surface area contributed by atoms with Crippen LogP contribution in [0.2, 0.25) is 0 Å². The summed E-state index contributed by atoms with van der Waals surface area (Å²) in [4.78, 5) is 12.0. The van der Waals surface area contributed by atoms with Crippen LogP contribution < -0.4 is 4.74 Å². The van der Waals surface area contributed by atoms with Gasteiger partial charge in [-0.25, -0.2) is 0 Å². The van der Waals surface area contributed by atoms with Crippen molar-refractivity contribution in [3.8, 4) is 17.2 Å². The van der Waals surface area contributed by atoms with Gasteiger partial charge in [0.15, 0.2) is 5.78 Å². The molecule has 0 aliphatic carbocycles. The Hall–Kier alpha value is -2.53. The summed E-state index contributed by atoms with van der Waals surface area (Å²) in [6.45, 7) is 0. The molecule has 1 heterocycles. The van der Waals surface area contributed by atoms with Gasteiger partial charge in [0.1, 0.15) is 23.4 Å². The summed E-state index contributed by atoms with van der Waals surface area (Å²) < 4.78 is 5.75. The fraction of sp³-hybridized carbons (Fsp3) is 0.133. The van der Waals surface area contributed by atoms with E-state index in [0.29, 0.717) is 11.3 Å². The van der Waals surface area contributed by atoms with E-state index in [9.17, 15) is 15.0 Å². The lowest BCUT2D eigenvalue weighted by atomic mass is 9.96. The SMILES string of the molecule is O.O=C1CC(c2ccc(O)cc2)Oc2cc(O)ccc21. The monoisotopic (exact) mass is 274 g/mol. The third-order valence-electron chi connectivity index (χ3n) is 3.17. The molecule has 0 radical (unpaired) electrons. The number of rotatable bonds is 1. The summed E-state index contributed by atoms with van der Waals surface area (Å²) in [5, 5.41) is 18.7. The number of Topliss-reactive ketones (excluding diaryl/α,β-unsaturated/α-hetero) is 1. The first kappa shape index (κ1) is 13.9. The molecule has 5 heteroatoms. The maximum atomic E-state index is 12.0. The van der Waals surface area contributed by atoms with Crippen molar-refractivity contribution in [1.82, 2.24) is 0 Å². The average molecular weight is 274 g/mol. The van der Waals surface area contributed by atoms with Crippen molar-refractivity contribution in [3.63, 3.8) is 0 Å². The summed E-state index contributed by atoms with van der Waals surface area (Å²) in [7, 11) is 0. The van der Waals surface area contributed by atoms with E-state index < -0.39 is 0 Å². The van der Waals surface area contributed by atoms with Gasteiger partial charge in [0.25, 0.3) is 0 Å². The zero-order valence-electron chi connectivity index (χ0n) is 10.5. The molecule has 1 unspecified atom stereocenters. The van der Waals surface area contributed by atoms with Crippen molar-refractivity contribution < 1.29 is 25.2 Å². The van der Waals surface area contributed by atoms with Crippen molar-refractivity contribution in [2.45, 2.75) is 12.5 Å². The average Bonchev–Trinajstić information content (AvgIpc) is 2.38. The van der Waals surface area contributed by atoms with Crippen LogP contribution in [0.25, 0.3) is 0 Å². The minimum atomic E-state index is -0.387. The highest BCUT2D eigenvalue weighted by Crippen LogP contribution is 2.36. The molecule has 3 rings (SSSR count). The largest absolute Gasteiger partial charge is 0.508 e. The Morgan fingerprint density at radius 2 is 1.65 bits per heavy atom. The molecule has 0 fully saturated rings. The quantitative estimate of drug-likeness (QED) is 0.830. The van der Waals surface area contributed by atoms with E-state index >= 15 is 0 Å². The first-order valence-corrected chi connectivity index (χ1v) is 5.95. The summed E-state index contributed by atoms with van der Waals surface area (Å²) in [6, 6.07) is 11.0. The van der Waals surface area contributed by atoms with Crippen LogP contribution in [0.1, 0.15) is 28.4 Å². The molecule has 0 amide bonds. The van der Waals surface area contributed by atoms with Crippen LogP contribution in [0.15, 0.2) is 42.5 Å². The van der Waals surface area contributed by atoms with Crippen molar-refractivity contribution in [1.29, 1.82) is 0 Å². The van der Waals surface area contributed by atoms with Gasteiger partial charge in [0.2, 0.25) is 0 Å². The molecule has 1 aliphatic heterocycles. The fourth-order valence-electron chi connectivity index (χ4n) is 2.19. The third kappa shape index (κ3) is 2.44. The number of hydrogen-bond donors (Lipinski definition) is 2. The van der Waals surface area contributed by atoms with Crippen LogP contribution in [-0.2, 0) is 0 Å². The molecule has 2 aromatic carbocycles. The molecule has 104 valence electrons. The van der Waals surface area contributed by atoms with Crippen LogP contribution in [-0.4, -0.2) is 21.5 Å². The highest BCUT2D eigenvalue weighted by Gasteiger charge is 2.27. The molecule has 0 saturated carbocycles. The number of ether oxygens (including phenoxy) is 1. The molecular formula is C15H14O5. The molecule has 0 bridgehead atoms. The van der Waals surface area contributed by atoms with Crippen LogP contribution >= 0.6 is 0 Å². The number of hydrogen-bond acceptors (Lipinski definition) is 4. The Labute approximate surface area is 115 Å². The van der Waals surface area contributed by atoms with Gasteiger partial charge in [-0.1, -0.05) is 12.1 Å². The highest BCUT2D eigenvalue weighted by atomic mass is 16.5. The van der Waals surface area contributed by atoms with E-state index in [-0.39, 0.29) is 35.3 Å². The lowest BCUT2D eigenvalue weighted by Crippen LogP contribution is -2.20. The normalized spacial score (nSPS) is 16.8. The number of carbonyl (C=O) groups is 1. The Bertz CT molecular complexity index is 633. The predicted molar refractivity (Wildman–Crippen MR) is 72.1 cm³/mol. The second-order valence-electron chi connectivity index (χ2n) is 4.51. The molecule has 0 saturated heterocycles. The second kappa shape index (κ2) is 5.22. The number of phenolic OH excluding ortho intramolecular Hbond substituents is 2. The van der Waals surface area contributed by atoms with E-state index in [0.717, 1.165) is 5.56 Å². The predicted octanol–water partition coefficient (Wildman–Crippen LogP) is 1.98. The molecule has 4 N–H and O–H groups in total. The van der Waals surface area contributed by atoms with Gasteiger partial charge in [-0.3, -0.25) is 4.79 Å². The van der Waals surface area contributed by atoms with E-state index in [1.807, 2.05) is 0 Å². The van der Waals surface area contributed by atoms with Gasteiger partial charge in [-0.15, -0.1) is 0 Å². The number of carbonyl (C=O) groups excluding carboxylic acids is 1. The summed E-state index contributed by atoms with van der Waals surface area (Å²) in [5.41, 5.74) is 1.31. The lowest BCUT2D eigenvalue weighted by molar-refractivity contribution is 0.0849. The Kier molecular flexibility index (Phi) is 3.63. The molecule has 2 aromatic rings. The van der Waals surface area contributed by atoms with Gasteiger partial charge in [-0.05, 0) is 29.8 Å². The molecule has 1 aliphatic rings. The van der Waals surface area contributed by atoms with Gasteiger partial charge in [-0.2, -0.15) is 0 Å². The minimum absolute atomic E-state index is 0. The highest BCUT2D eigenvalue weighted by molar-refractivity contribution is 6.00. The molecule has 0 aromatic heterocycles. The van der Waals surface area contributed by atoms with Gasteiger partial charge in [0.05, 0.1) is 12.0 Å². The Balaban J connectivity index is 0.00000147. The number of benzene rings is 2. The number of aromatic hydroxyl groups is 2. The number of fused-ring (bicyclic) bond motifs is 1. The molecule has 5 nitrogen and oxygen atoms in total. The van der Waals surface area contributed by atoms with Gasteiger partial charge >= 0.3 is 0 Å². The summed E-state index contributed by atoms with van der Waals surface area (Å²) in [5.74, 6) is 0.621. The van der Waals surface area contributed by atoms with E-state index in [1.54, 1.807) is 30.3 Å². The smallest absolute Gasteiger partial charge is 0.170 e. The summed E-state index contributed by atoms with van der Waals surface area (Å²) in [6.07, 6.45) is -0.134. The maximum Gasteiger partial charge on any atom is 0.170 e. The van der Waals surface area contributed by atoms with Crippen molar-refractivity contribution >= 4 is 5.78 Å². The first-order chi connectivity index (χ1) is 9.13. The van der Waals surface area contributed by atoms with Crippen LogP contribution in [0.3, 0.4) is 0 Å². The number of phenols is 2. The van der Waals surface area contributed by atoms with Gasteiger partial charge < -0.3 is 20.4 Å². The van der Waals surface area contributed by atoms with Crippen molar-refractivity contribution in [2.75, 3.05) is 0 Å². The van der Waals surface area contributed by atoms with E-state index in [4.69, 9.17) is 4.74 Å². The third-order valence-corrected chi connectivity index (χ3v) is 3.17. The molecule has 0 spiro atoms. The standard InChI is InChI=1S/C15H12O4.H2O/c16-10-3-1-9(2-4-10)14-8-13(18)12-6-5-11(17)7-15(12)19-14;/h1-7,14,16-17H,8H2;1H2. The lowest BCUT2D eigenvalue weighted by Gasteiger charge is -2.25.